The SMILES string of the molecule is O=C(Nc1ccc(Cl)cc1)N1CCc2cccnc2[C@H]1c1ccc(C(F)(F)F)cc1. The zero-order chi connectivity index (χ0) is 21.3. The standard InChI is InChI=1S/C22H17ClF3N3O/c23-17-7-9-18(10-8-17)28-21(30)29-13-11-14-2-1-12-27-19(14)20(29)15-3-5-16(6-4-15)22(24,25)26/h1-10,12,20H,11,13H2,(H,28,30)/t20-/m1/s1. The molecular formula is C22H17ClF3N3O. The summed E-state index contributed by atoms with van der Waals surface area (Å²) in [6.07, 6.45) is -2.20. The van der Waals surface area contributed by atoms with Gasteiger partial charge in [0.1, 0.15) is 6.04 Å². The molecule has 0 bridgehead atoms. The van der Waals surface area contributed by atoms with Gasteiger partial charge in [-0.1, -0.05) is 29.8 Å². The lowest BCUT2D eigenvalue weighted by atomic mass is 9.92. The molecule has 30 heavy (non-hydrogen) atoms. The molecule has 0 saturated carbocycles. The smallest absolute Gasteiger partial charge is 0.311 e. The number of anilines is 1. The van der Waals surface area contributed by atoms with Crippen LogP contribution in [0.15, 0.2) is 66.9 Å². The molecule has 2 amide bonds. The highest BCUT2D eigenvalue weighted by atomic mass is 35.5. The Hall–Kier alpha value is -3.06. The van der Waals surface area contributed by atoms with Crippen LogP contribution >= 0.6 is 11.6 Å². The Morgan fingerprint density at radius 2 is 1.77 bits per heavy atom. The first-order chi connectivity index (χ1) is 14.3. The fourth-order valence-electron chi connectivity index (χ4n) is 3.57. The lowest BCUT2D eigenvalue weighted by Gasteiger charge is -2.36. The third kappa shape index (κ3) is 4.11. The monoisotopic (exact) mass is 431 g/mol. The maximum absolute atomic E-state index is 13.0. The summed E-state index contributed by atoms with van der Waals surface area (Å²) in [5, 5.41) is 3.37. The molecule has 0 radical (unpaired) electrons. The molecule has 154 valence electrons. The molecule has 2 aromatic carbocycles. The Bertz CT molecular complexity index is 1050. The molecule has 4 rings (SSSR count). The van der Waals surface area contributed by atoms with Crippen molar-refractivity contribution in [1.29, 1.82) is 0 Å². The van der Waals surface area contributed by atoms with Gasteiger partial charge in [-0.15, -0.1) is 0 Å². The lowest BCUT2D eigenvalue weighted by molar-refractivity contribution is -0.137. The molecule has 3 aromatic rings. The second-order valence-corrected chi connectivity index (χ2v) is 7.39. The quantitative estimate of drug-likeness (QED) is 0.546. The number of halogens is 4. The van der Waals surface area contributed by atoms with Crippen LogP contribution in [-0.2, 0) is 12.6 Å². The Morgan fingerprint density at radius 1 is 1.07 bits per heavy atom. The van der Waals surface area contributed by atoms with E-state index in [2.05, 4.69) is 10.3 Å². The first kappa shape index (κ1) is 20.2. The second-order valence-electron chi connectivity index (χ2n) is 6.95. The maximum Gasteiger partial charge on any atom is 0.416 e. The molecule has 2 heterocycles. The zero-order valence-electron chi connectivity index (χ0n) is 15.7. The van der Waals surface area contributed by atoms with Gasteiger partial charge in [0.25, 0.3) is 0 Å². The number of nitrogens with zero attached hydrogens (tertiary/aromatic N) is 2. The van der Waals surface area contributed by atoms with Crippen molar-refractivity contribution in [2.75, 3.05) is 11.9 Å². The van der Waals surface area contributed by atoms with Crippen LogP contribution in [0, 0.1) is 0 Å². The average Bonchev–Trinajstić information content (AvgIpc) is 2.74. The predicted octanol–water partition coefficient (Wildman–Crippen LogP) is 5.93. The number of carbonyl (C=O) groups is 1. The van der Waals surface area contributed by atoms with E-state index < -0.39 is 17.8 Å². The number of alkyl halides is 3. The van der Waals surface area contributed by atoms with Crippen LogP contribution in [0.3, 0.4) is 0 Å². The number of hydrogen-bond donors (Lipinski definition) is 1. The number of aromatic nitrogens is 1. The molecule has 1 atom stereocenters. The highest BCUT2D eigenvalue weighted by Gasteiger charge is 2.35. The molecule has 8 heteroatoms. The summed E-state index contributed by atoms with van der Waals surface area (Å²) in [6, 6.07) is 14.3. The van der Waals surface area contributed by atoms with Gasteiger partial charge in [0.05, 0.1) is 11.3 Å². The van der Waals surface area contributed by atoms with Crippen molar-refractivity contribution in [3.63, 3.8) is 0 Å². The largest absolute Gasteiger partial charge is 0.416 e. The van der Waals surface area contributed by atoms with Gasteiger partial charge in [-0.2, -0.15) is 13.2 Å². The molecule has 1 N–H and O–H groups in total. The van der Waals surface area contributed by atoms with Crippen molar-refractivity contribution in [1.82, 2.24) is 9.88 Å². The third-order valence-corrected chi connectivity index (χ3v) is 5.28. The number of amides is 2. The minimum absolute atomic E-state index is 0.362. The zero-order valence-corrected chi connectivity index (χ0v) is 16.4. The Balaban J connectivity index is 1.68. The third-order valence-electron chi connectivity index (χ3n) is 5.03. The molecule has 0 saturated heterocycles. The van der Waals surface area contributed by atoms with E-state index in [1.54, 1.807) is 35.4 Å². The molecule has 1 aromatic heterocycles. The van der Waals surface area contributed by atoms with Crippen LogP contribution in [0.1, 0.15) is 28.4 Å². The van der Waals surface area contributed by atoms with Crippen molar-refractivity contribution >= 4 is 23.3 Å². The number of fused-ring (bicyclic) bond motifs is 1. The lowest BCUT2D eigenvalue weighted by Crippen LogP contribution is -2.43. The molecule has 0 fully saturated rings. The number of urea groups is 1. The molecule has 0 spiro atoms. The number of pyridine rings is 1. The van der Waals surface area contributed by atoms with Crippen LogP contribution in [0.4, 0.5) is 23.7 Å². The van der Waals surface area contributed by atoms with Crippen LogP contribution < -0.4 is 5.32 Å². The van der Waals surface area contributed by atoms with Gasteiger partial charge in [0, 0.05) is 23.5 Å². The summed E-state index contributed by atoms with van der Waals surface area (Å²) in [5.74, 6) is 0. The van der Waals surface area contributed by atoms with Crippen molar-refractivity contribution in [2.24, 2.45) is 0 Å². The summed E-state index contributed by atoms with van der Waals surface area (Å²) >= 11 is 5.89. The topological polar surface area (TPSA) is 45.2 Å². The summed E-state index contributed by atoms with van der Waals surface area (Å²) in [4.78, 5) is 19.1. The van der Waals surface area contributed by atoms with Gasteiger partial charge >= 0.3 is 12.2 Å². The van der Waals surface area contributed by atoms with E-state index in [4.69, 9.17) is 11.6 Å². The number of rotatable bonds is 2. The Labute approximate surface area is 176 Å². The van der Waals surface area contributed by atoms with Crippen LogP contribution in [0.2, 0.25) is 5.02 Å². The normalized spacial score (nSPS) is 16.1. The first-order valence-corrected chi connectivity index (χ1v) is 9.65. The Kier molecular flexibility index (Phi) is 5.39. The van der Waals surface area contributed by atoms with Crippen LogP contribution in [-0.4, -0.2) is 22.5 Å². The molecular weight excluding hydrogens is 415 g/mol. The number of carbonyl (C=O) groups excluding carboxylic acids is 1. The average molecular weight is 432 g/mol. The number of benzene rings is 2. The molecule has 4 nitrogen and oxygen atoms in total. The highest BCUT2D eigenvalue weighted by Crippen LogP contribution is 2.36. The van der Waals surface area contributed by atoms with Crippen molar-refractivity contribution < 1.29 is 18.0 Å². The molecule has 0 aliphatic carbocycles. The summed E-state index contributed by atoms with van der Waals surface area (Å²) in [5.41, 5.74) is 2.03. The summed E-state index contributed by atoms with van der Waals surface area (Å²) < 4.78 is 38.9. The molecule has 1 aliphatic rings. The van der Waals surface area contributed by atoms with E-state index in [0.717, 1.165) is 17.7 Å². The highest BCUT2D eigenvalue weighted by molar-refractivity contribution is 6.30. The van der Waals surface area contributed by atoms with E-state index in [-0.39, 0.29) is 6.03 Å². The van der Waals surface area contributed by atoms with Crippen LogP contribution in [0.25, 0.3) is 0 Å². The van der Waals surface area contributed by atoms with Gasteiger partial charge in [-0.05, 0) is 60.0 Å². The maximum atomic E-state index is 13.0. The number of nitrogens with one attached hydrogen (secondary N) is 1. The predicted molar refractivity (Wildman–Crippen MR) is 108 cm³/mol. The van der Waals surface area contributed by atoms with Crippen molar-refractivity contribution in [3.8, 4) is 0 Å². The second kappa shape index (κ2) is 7.99. The van der Waals surface area contributed by atoms with E-state index in [0.29, 0.717) is 34.9 Å². The summed E-state index contributed by atoms with van der Waals surface area (Å²) in [7, 11) is 0. The van der Waals surface area contributed by atoms with E-state index in [1.165, 1.54) is 12.1 Å². The molecule has 1 aliphatic heterocycles. The van der Waals surface area contributed by atoms with Crippen molar-refractivity contribution in [2.45, 2.75) is 18.6 Å². The van der Waals surface area contributed by atoms with Crippen molar-refractivity contribution in [3.05, 3.63) is 94.3 Å². The first-order valence-electron chi connectivity index (χ1n) is 9.27. The van der Waals surface area contributed by atoms with E-state index in [1.807, 2.05) is 12.1 Å². The van der Waals surface area contributed by atoms with Crippen LogP contribution in [0.5, 0.6) is 0 Å². The fraction of sp³-hybridized carbons (Fsp3) is 0.182. The van der Waals surface area contributed by atoms with Gasteiger partial charge < -0.3 is 10.2 Å². The fourth-order valence-corrected chi connectivity index (χ4v) is 3.69. The summed E-state index contributed by atoms with van der Waals surface area (Å²) in [6.45, 7) is 0.407. The van der Waals surface area contributed by atoms with E-state index in [9.17, 15) is 18.0 Å². The van der Waals surface area contributed by atoms with Gasteiger partial charge in [0.15, 0.2) is 0 Å². The van der Waals surface area contributed by atoms with Gasteiger partial charge in [-0.3, -0.25) is 4.98 Å². The van der Waals surface area contributed by atoms with Gasteiger partial charge in [0.2, 0.25) is 0 Å². The van der Waals surface area contributed by atoms with Gasteiger partial charge in [-0.25, -0.2) is 4.79 Å². The number of hydrogen-bond acceptors (Lipinski definition) is 2. The minimum atomic E-state index is -4.42. The van der Waals surface area contributed by atoms with E-state index >= 15 is 0 Å². The molecule has 0 unspecified atom stereocenters. The minimum Gasteiger partial charge on any atom is -0.311 e. The Morgan fingerprint density at radius 3 is 2.43 bits per heavy atom.